The predicted octanol–water partition coefficient (Wildman–Crippen LogP) is 2.81. The molecule has 3 aromatic rings. The third-order valence-corrected chi connectivity index (χ3v) is 4.46. The van der Waals surface area contributed by atoms with E-state index in [9.17, 15) is 19.7 Å². The van der Waals surface area contributed by atoms with Gasteiger partial charge in [0.2, 0.25) is 5.91 Å². The number of nitro groups is 1. The minimum atomic E-state index is -0.495. The van der Waals surface area contributed by atoms with Gasteiger partial charge in [-0.1, -0.05) is 30.3 Å². The van der Waals surface area contributed by atoms with Gasteiger partial charge in [-0.15, -0.1) is 0 Å². The molecule has 0 atom stereocenters. The molecule has 8 heteroatoms. The van der Waals surface area contributed by atoms with E-state index in [0.29, 0.717) is 22.3 Å². The second-order valence-corrected chi connectivity index (χ2v) is 6.71. The summed E-state index contributed by atoms with van der Waals surface area (Å²) in [5.74, 6) is 0.0911. The van der Waals surface area contributed by atoms with Crippen LogP contribution in [0.3, 0.4) is 0 Å². The van der Waals surface area contributed by atoms with Crippen molar-refractivity contribution in [2.75, 3.05) is 0 Å². The lowest BCUT2D eigenvalue weighted by Gasteiger charge is -2.26. The van der Waals surface area contributed by atoms with Gasteiger partial charge >= 0.3 is 0 Å². The highest BCUT2D eigenvalue weighted by atomic mass is 16.6. The van der Waals surface area contributed by atoms with Gasteiger partial charge in [0, 0.05) is 17.7 Å². The van der Waals surface area contributed by atoms with Crippen LogP contribution in [0.5, 0.6) is 0 Å². The lowest BCUT2D eigenvalue weighted by molar-refractivity contribution is -0.385. The molecule has 0 unspecified atom stereocenters. The van der Waals surface area contributed by atoms with Crippen LogP contribution in [0, 0.1) is 10.1 Å². The number of nitrogens with zero attached hydrogens (tertiary/aromatic N) is 3. The molecule has 0 aliphatic rings. The van der Waals surface area contributed by atoms with Crippen molar-refractivity contribution in [1.29, 1.82) is 0 Å². The number of benzene rings is 2. The molecule has 0 spiro atoms. The Labute approximate surface area is 161 Å². The Bertz CT molecular complexity index is 1090. The van der Waals surface area contributed by atoms with E-state index in [1.54, 1.807) is 47.4 Å². The van der Waals surface area contributed by atoms with Crippen LogP contribution in [-0.2, 0) is 17.8 Å². The lowest BCUT2D eigenvalue weighted by Crippen LogP contribution is -2.38. The van der Waals surface area contributed by atoms with Gasteiger partial charge in [0.05, 0.1) is 28.8 Å². The molecule has 8 nitrogen and oxygen atoms in total. The van der Waals surface area contributed by atoms with E-state index < -0.39 is 4.92 Å². The molecule has 144 valence electrons. The Hall–Kier alpha value is -3.55. The van der Waals surface area contributed by atoms with E-state index in [1.807, 2.05) is 13.8 Å². The van der Waals surface area contributed by atoms with E-state index in [1.165, 1.54) is 6.07 Å². The Morgan fingerprint density at radius 3 is 2.57 bits per heavy atom. The number of aromatic nitrogens is 2. The van der Waals surface area contributed by atoms with Gasteiger partial charge in [-0.2, -0.15) is 0 Å². The number of aromatic amines is 1. The number of H-pyrrole nitrogens is 1. The molecule has 2 aromatic carbocycles. The predicted molar refractivity (Wildman–Crippen MR) is 105 cm³/mol. The zero-order valence-electron chi connectivity index (χ0n) is 15.6. The van der Waals surface area contributed by atoms with Crippen LogP contribution < -0.4 is 5.56 Å². The smallest absolute Gasteiger partial charge is 0.273 e. The molecule has 0 bridgehead atoms. The van der Waals surface area contributed by atoms with Gasteiger partial charge < -0.3 is 9.88 Å². The first-order valence-corrected chi connectivity index (χ1v) is 8.86. The fraction of sp³-hybridized carbons (Fsp3) is 0.250. The van der Waals surface area contributed by atoms with Crippen molar-refractivity contribution >= 4 is 22.5 Å². The fourth-order valence-electron chi connectivity index (χ4n) is 3.03. The number of carbonyl (C=O) groups is 1. The third kappa shape index (κ3) is 4.06. The number of hydrogen-bond donors (Lipinski definition) is 1. The first-order valence-electron chi connectivity index (χ1n) is 8.86. The maximum atomic E-state index is 12.9. The topological polar surface area (TPSA) is 109 Å². The van der Waals surface area contributed by atoms with Crippen molar-refractivity contribution in [1.82, 2.24) is 14.9 Å². The first kappa shape index (κ1) is 19.2. The van der Waals surface area contributed by atoms with E-state index in [4.69, 9.17) is 0 Å². The minimum absolute atomic E-state index is 0.0863. The number of fused-ring (bicyclic) bond motifs is 1. The molecular formula is C20H20N4O4. The summed E-state index contributed by atoms with van der Waals surface area (Å²) in [6.07, 6.45) is -0.104. The number of para-hydroxylation sites is 2. The normalized spacial score (nSPS) is 11.0. The van der Waals surface area contributed by atoms with E-state index in [-0.39, 0.29) is 36.2 Å². The van der Waals surface area contributed by atoms with Crippen molar-refractivity contribution in [3.05, 3.63) is 80.4 Å². The van der Waals surface area contributed by atoms with E-state index in [0.717, 1.165) is 0 Å². The van der Waals surface area contributed by atoms with Crippen LogP contribution in [0.25, 0.3) is 10.9 Å². The SMILES string of the molecule is CC(C)N(Cc1nc2ccccc2c(=O)[nH]1)C(=O)Cc1ccccc1[N+](=O)[O-]. The van der Waals surface area contributed by atoms with Crippen LogP contribution in [0.2, 0.25) is 0 Å². The van der Waals surface area contributed by atoms with Gasteiger partial charge in [-0.3, -0.25) is 19.7 Å². The summed E-state index contributed by atoms with van der Waals surface area (Å²) in [6, 6.07) is 13.0. The summed E-state index contributed by atoms with van der Waals surface area (Å²) in [6.45, 7) is 3.80. The number of nitrogens with one attached hydrogen (secondary N) is 1. The molecule has 1 heterocycles. The third-order valence-electron chi connectivity index (χ3n) is 4.46. The number of carbonyl (C=O) groups excluding carboxylic acids is 1. The molecule has 0 aliphatic heterocycles. The number of nitro benzene ring substituents is 1. The molecule has 0 saturated heterocycles. The molecule has 28 heavy (non-hydrogen) atoms. The van der Waals surface area contributed by atoms with Gasteiger partial charge in [0.25, 0.3) is 11.2 Å². The standard InChI is InChI=1S/C20H20N4O4/c1-13(2)23(19(25)11-14-7-3-6-10-17(14)24(27)28)12-18-21-16-9-5-4-8-15(16)20(26)22-18/h3-10,13H,11-12H2,1-2H3,(H,21,22,26). The molecule has 1 aromatic heterocycles. The van der Waals surface area contributed by atoms with Crippen LogP contribution >= 0.6 is 0 Å². The highest BCUT2D eigenvalue weighted by Gasteiger charge is 2.22. The molecule has 1 amide bonds. The summed E-state index contributed by atoms with van der Waals surface area (Å²) >= 11 is 0. The van der Waals surface area contributed by atoms with Gasteiger partial charge in [0.1, 0.15) is 5.82 Å². The quantitative estimate of drug-likeness (QED) is 0.522. The lowest BCUT2D eigenvalue weighted by atomic mass is 10.1. The number of amides is 1. The number of rotatable bonds is 6. The summed E-state index contributed by atoms with van der Waals surface area (Å²) in [7, 11) is 0. The van der Waals surface area contributed by atoms with Crippen LogP contribution in [0.15, 0.2) is 53.3 Å². The second-order valence-electron chi connectivity index (χ2n) is 6.71. The van der Waals surface area contributed by atoms with Crippen molar-refractivity contribution in [3.63, 3.8) is 0 Å². The van der Waals surface area contributed by atoms with E-state index in [2.05, 4.69) is 9.97 Å². The first-order chi connectivity index (χ1) is 13.4. The number of hydrogen-bond acceptors (Lipinski definition) is 5. The second kappa shape index (κ2) is 7.99. The monoisotopic (exact) mass is 380 g/mol. The Kier molecular flexibility index (Phi) is 5.49. The maximum absolute atomic E-state index is 12.9. The van der Waals surface area contributed by atoms with Crippen LogP contribution in [0.4, 0.5) is 5.69 Å². The average Bonchev–Trinajstić information content (AvgIpc) is 2.66. The summed E-state index contributed by atoms with van der Waals surface area (Å²) in [5, 5.41) is 11.7. The maximum Gasteiger partial charge on any atom is 0.273 e. The molecule has 3 rings (SSSR count). The minimum Gasteiger partial charge on any atom is -0.333 e. The highest BCUT2D eigenvalue weighted by Crippen LogP contribution is 2.20. The molecular weight excluding hydrogens is 360 g/mol. The Morgan fingerprint density at radius 2 is 1.86 bits per heavy atom. The average molecular weight is 380 g/mol. The van der Waals surface area contributed by atoms with Gasteiger partial charge in [-0.25, -0.2) is 4.98 Å². The van der Waals surface area contributed by atoms with E-state index >= 15 is 0 Å². The molecule has 0 fully saturated rings. The summed E-state index contributed by atoms with van der Waals surface area (Å²) < 4.78 is 0. The molecule has 0 radical (unpaired) electrons. The molecule has 0 aliphatic carbocycles. The Morgan fingerprint density at radius 1 is 1.18 bits per heavy atom. The van der Waals surface area contributed by atoms with Crippen LogP contribution in [-0.4, -0.2) is 31.7 Å². The summed E-state index contributed by atoms with van der Waals surface area (Å²) in [4.78, 5) is 44.5. The van der Waals surface area contributed by atoms with Crippen LogP contribution in [0.1, 0.15) is 25.2 Å². The fourth-order valence-corrected chi connectivity index (χ4v) is 3.03. The summed E-state index contributed by atoms with van der Waals surface area (Å²) in [5.41, 5.74) is 0.548. The zero-order chi connectivity index (χ0) is 20.3. The largest absolute Gasteiger partial charge is 0.333 e. The van der Waals surface area contributed by atoms with Crippen molar-refractivity contribution < 1.29 is 9.72 Å². The van der Waals surface area contributed by atoms with Crippen molar-refractivity contribution in [2.24, 2.45) is 0 Å². The van der Waals surface area contributed by atoms with Crippen molar-refractivity contribution in [2.45, 2.75) is 32.9 Å². The van der Waals surface area contributed by atoms with Crippen molar-refractivity contribution in [3.8, 4) is 0 Å². The zero-order valence-corrected chi connectivity index (χ0v) is 15.6. The van der Waals surface area contributed by atoms with Gasteiger partial charge in [0.15, 0.2) is 0 Å². The highest BCUT2D eigenvalue weighted by molar-refractivity contribution is 5.80. The van der Waals surface area contributed by atoms with Gasteiger partial charge in [-0.05, 0) is 26.0 Å². The molecule has 0 saturated carbocycles. The molecule has 1 N–H and O–H groups in total. The Balaban J connectivity index is 1.87.